The molecule has 3 rings (SSSR count). The van der Waals surface area contributed by atoms with Gasteiger partial charge in [0.1, 0.15) is 0 Å². The Kier molecular flexibility index (Phi) is 4.54. The molecule has 1 N–H and O–H groups in total. The number of hydrogen-bond acceptors (Lipinski definition) is 1. The van der Waals surface area contributed by atoms with Crippen molar-refractivity contribution >= 4 is 12.2 Å². The molecule has 2 aromatic carbocycles. The lowest BCUT2D eigenvalue weighted by atomic mass is 10.1. The van der Waals surface area contributed by atoms with Gasteiger partial charge in [-0.05, 0) is 35.3 Å². The molecule has 3 aromatic rings. The van der Waals surface area contributed by atoms with Crippen LogP contribution in [0.4, 0.5) is 0 Å². The topological polar surface area (TPSA) is 20.7 Å². The lowest BCUT2D eigenvalue weighted by molar-refractivity contribution is 0.783. The third-order valence-corrected chi connectivity index (χ3v) is 4.20. The maximum Gasteiger partial charge on any atom is 0.177 e. The molecule has 0 spiro atoms. The molecule has 0 radical (unpaired) electrons. The number of aryl methyl sites for hydroxylation is 1. The molecule has 0 amide bonds. The number of hydrogen-bond donors (Lipinski definition) is 1. The third kappa shape index (κ3) is 3.55. The van der Waals surface area contributed by atoms with Gasteiger partial charge < -0.3 is 9.55 Å². The normalized spacial score (nSPS) is 10.8. The molecule has 0 fully saturated rings. The van der Waals surface area contributed by atoms with Crippen LogP contribution in [0.15, 0.2) is 60.8 Å². The van der Waals surface area contributed by atoms with Gasteiger partial charge in [0.05, 0.1) is 0 Å². The largest absolute Gasteiger partial charge is 0.334 e. The minimum absolute atomic E-state index is 0.783. The Labute approximate surface area is 136 Å². The van der Waals surface area contributed by atoms with Crippen LogP contribution in [0.25, 0.3) is 0 Å². The van der Waals surface area contributed by atoms with E-state index >= 15 is 0 Å². The fraction of sp³-hybridized carbons (Fsp3) is 0.211. The molecule has 0 aliphatic heterocycles. The van der Waals surface area contributed by atoms with E-state index in [1.54, 1.807) is 0 Å². The Morgan fingerprint density at radius 1 is 0.909 bits per heavy atom. The molecule has 0 saturated heterocycles. The highest BCUT2D eigenvalue weighted by Gasteiger charge is 2.03. The van der Waals surface area contributed by atoms with Gasteiger partial charge in [0.15, 0.2) is 4.77 Å². The zero-order valence-electron chi connectivity index (χ0n) is 12.8. The van der Waals surface area contributed by atoms with Crippen molar-refractivity contribution in [1.29, 1.82) is 0 Å². The number of aromatic nitrogens is 2. The van der Waals surface area contributed by atoms with Crippen LogP contribution in [-0.4, -0.2) is 9.55 Å². The van der Waals surface area contributed by atoms with Crippen LogP contribution in [0.1, 0.15) is 29.3 Å². The molecule has 2 nitrogen and oxygen atoms in total. The highest BCUT2D eigenvalue weighted by Crippen LogP contribution is 2.11. The van der Waals surface area contributed by atoms with Gasteiger partial charge in [0.2, 0.25) is 0 Å². The SMILES string of the molecule is CCc1ccc(Cn2cc(Cc3ccccc3)[nH]c2=S)cc1. The van der Waals surface area contributed by atoms with E-state index in [0.29, 0.717) is 0 Å². The van der Waals surface area contributed by atoms with E-state index in [9.17, 15) is 0 Å². The first-order chi connectivity index (χ1) is 10.7. The Bertz CT molecular complexity index is 782. The summed E-state index contributed by atoms with van der Waals surface area (Å²) in [7, 11) is 0. The van der Waals surface area contributed by atoms with Crippen molar-refractivity contribution in [1.82, 2.24) is 9.55 Å². The molecule has 1 heterocycles. The fourth-order valence-corrected chi connectivity index (χ4v) is 2.84. The van der Waals surface area contributed by atoms with Crippen LogP contribution in [0.3, 0.4) is 0 Å². The summed E-state index contributed by atoms with van der Waals surface area (Å²) in [5.41, 5.74) is 5.09. The van der Waals surface area contributed by atoms with Crippen molar-refractivity contribution in [3.63, 3.8) is 0 Å². The molecule has 0 aliphatic rings. The van der Waals surface area contributed by atoms with Gasteiger partial charge in [-0.15, -0.1) is 0 Å². The van der Waals surface area contributed by atoms with Gasteiger partial charge >= 0.3 is 0 Å². The molecule has 0 bridgehead atoms. The zero-order chi connectivity index (χ0) is 15.4. The molecule has 3 heteroatoms. The van der Waals surface area contributed by atoms with Crippen molar-refractivity contribution in [3.8, 4) is 0 Å². The molecule has 0 aliphatic carbocycles. The third-order valence-electron chi connectivity index (χ3n) is 3.86. The second-order valence-corrected chi connectivity index (χ2v) is 5.93. The summed E-state index contributed by atoms with van der Waals surface area (Å²) in [5.74, 6) is 0. The summed E-state index contributed by atoms with van der Waals surface area (Å²) in [6.45, 7) is 2.99. The number of benzene rings is 2. The Hall–Kier alpha value is -2.13. The van der Waals surface area contributed by atoms with Crippen LogP contribution in [-0.2, 0) is 19.4 Å². The minimum atomic E-state index is 0.783. The average molecular weight is 308 g/mol. The molecule has 1 aromatic heterocycles. The van der Waals surface area contributed by atoms with E-state index in [0.717, 1.165) is 29.9 Å². The maximum atomic E-state index is 5.44. The number of nitrogens with one attached hydrogen (secondary N) is 1. The van der Waals surface area contributed by atoms with Gasteiger partial charge in [-0.3, -0.25) is 0 Å². The van der Waals surface area contributed by atoms with Crippen molar-refractivity contribution in [2.75, 3.05) is 0 Å². The second kappa shape index (κ2) is 6.75. The maximum absolute atomic E-state index is 5.44. The van der Waals surface area contributed by atoms with E-state index in [4.69, 9.17) is 12.2 Å². The summed E-state index contributed by atoms with van der Waals surface area (Å²) in [6, 6.07) is 19.2. The molecule has 0 unspecified atom stereocenters. The minimum Gasteiger partial charge on any atom is -0.334 e. The molecule has 0 atom stereocenters. The predicted octanol–water partition coefficient (Wildman–Crippen LogP) is 4.75. The van der Waals surface area contributed by atoms with Gasteiger partial charge in [-0.2, -0.15) is 0 Å². The molecular formula is C19H20N2S. The van der Waals surface area contributed by atoms with Crippen molar-refractivity contribution < 1.29 is 0 Å². The van der Waals surface area contributed by atoms with Crippen molar-refractivity contribution in [2.24, 2.45) is 0 Å². The van der Waals surface area contributed by atoms with Gasteiger partial charge in [0, 0.05) is 24.9 Å². The van der Waals surface area contributed by atoms with E-state index in [1.165, 1.54) is 16.7 Å². The van der Waals surface area contributed by atoms with E-state index in [-0.39, 0.29) is 0 Å². The van der Waals surface area contributed by atoms with E-state index in [1.807, 2.05) is 6.07 Å². The quantitative estimate of drug-likeness (QED) is 0.675. The van der Waals surface area contributed by atoms with Crippen LogP contribution in [0.2, 0.25) is 0 Å². The van der Waals surface area contributed by atoms with Gasteiger partial charge in [-0.1, -0.05) is 61.5 Å². The first-order valence-corrected chi connectivity index (χ1v) is 8.05. The highest BCUT2D eigenvalue weighted by molar-refractivity contribution is 7.71. The highest BCUT2D eigenvalue weighted by atomic mass is 32.1. The number of imidazole rings is 1. The van der Waals surface area contributed by atoms with Crippen LogP contribution in [0.5, 0.6) is 0 Å². The summed E-state index contributed by atoms with van der Waals surface area (Å²) in [6.07, 6.45) is 4.08. The van der Waals surface area contributed by atoms with Crippen LogP contribution >= 0.6 is 12.2 Å². The summed E-state index contributed by atoms with van der Waals surface area (Å²) < 4.78 is 2.89. The van der Waals surface area contributed by atoms with E-state index in [2.05, 4.69) is 71.2 Å². The van der Waals surface area contributed by atoms with Crippen molar-refractivity contribution in [3.05, 3.63) is 87.9 Å². The first-order valence-electron chi connectivity index (χ1n) is 7.64. The van der Waals surface area contributed by atoms with Gasteiger partial charge in [0.25, 0.3) is 0 Å². The number of H-pyrrole nitrogens is 1. The average Bonchev–Trinajstić information content (AvgIpc) is 2.88. The molecule has 112 valence electrons. The second-order valence-electron chi connectivity index (χ2n) is 5.54. The van der Waals surface area contributed by atoms with Crippen LogP contribution < -0.4 is 0 Å². The lowest BCUT2D eigenvalue weighted by Crippen LogP contribution is -1.98. The number of rotatable bonds is 5. The summed E-state index contributed by atoms with van der Waals surface area (Å²) >= 11 is 5.44. The molecule has 22 heavy (non-hydrogen) atoms. The monoisotopic (exact) mass is 308 g/mol. The lowest BCUT2D eigenvalue weighted by Gasteiger charge is -2.04. The summed E-state index contributed by atoms with van der Waals surface area (Å²) in [5, 5.41) is 0. The van der Waals surface area contributed by atoms with Crippen molar-refractivity contribution in [2.45, 2.75) is 26.3 Å². The van der Waals surface area contributed by atoms with Crippen LogP contribution in [0, 0.1) is 4.77 Å². The standard InChI is InChI=1S/C19H20N2S/c1-2-15-8-10-17(11-9-15)13-21-14-18(20-19(21)22)12-16-6-4-3-5-7-16/h3-11,14H,2,12-13H2,1H3,(H,20,22). The Balaban J connectivity index is 1.75. The first kappa shape index (κ1) is 14.8. The Morgan fingerprint density at radius 2 is 1.59 bits per heavy atom. The van der Waals surface area contributed by atoms with Gasteiger partial charge in [-0.25, -0.2) is 0 Å². The molecule has 0 saturated carbocycles. The molecular weight excluding hydrogens is 288 g/mol. The zero-order valence-corrected chi connectivity index (χ0v) is 13.6. The van der Waals surface area contributed by atoms with E-state index < -0.39 is 0 Å². The number of aromatic amines is 1. The fourth-order valence-electron chi connectivity index (χ4n) is 2.59. The number of nitrogens with zero attached hydrogens (tertiary/aromatic N) is 1. The summed E-state index contributed by atoms with van der Waals surface area (Å²) in [4.78, 5) is 3.31. The Morgan fingerprint density at radius 3 is 2.27 bits per heavy atom. The predicted molar refractivity (Wildman–Crippen MR) is 93.8 cm³/mol. The smallest absolute Gasteiger partial charge is 0.177 e.